The van der Waals surface area contributed by atoms with Gasteiger partial charge >= 0.3 is 5.69 Å². The average Bonchev–Trinajstić information content (AvgIpc) is 2.46. The normalized spacial score (nSPS) is 18.9. The Balaban J connectivity index is 2.26. The highest BCUT2D eigenvalue weighted by molar-refractivity contribution is 5.59. The van der Waals surface area contributed by atoms with Crippen LogP contribution in [0.3, 0.4) is 0 Å². The van der Waals surface area contributed by atoms with Crippen molar-refractivity contribution < 1.29 is 19.5 Å². The predicted molar refractivity (Wildman–Crippen MR) is 77.9 cm³/mol. The highest BCUT2D eigenvalue weighted by atomic mass is 16.6. The average molecular weight is 296 g/mol. The first kappa shape index (κ1) is 15.5. The molecule has 1 fully saturated rings. The maximum absolute atomic E-state index is 11.0. The Kier molecular flexibility index (Phi) is 4.98. The Bertz CT molecular complexity index is 506. The van der Waals surface area contributed by atoms with Gasteiger partial charge in [0, 0.05) is 30.9 Å². The number of aliphatic hydroxyl groups excluding tert-OH is 1. The molecular weight excluding hydrogens is 276 g/mol. The quantitative estimate of drug-likeness (QED) is 0.656. The van der Waals surface area contributed by atoms with Gasteiger partial charge in [0.25, 0.3) is 0 Å². The lowest BCUT2D eigenvalue weighted by molar-refractivity contribution is -0.386. The Morgan fingerprint density at radius 1 is 1.57 bits per heavy atom. The lowest BCUT2D eigenvalue weighted by Crippen LogP contribution is -2.44. The molecule has 1 saturated heterocycles. The Hall–Kier alpha value is -1.86. The van der Waals surface area contributed by atoms with Gasteiger partial charge in [-0.15, -0.1) is 0 Å². The number of hydrogen-bond donors (Lipinski definition) is 1. The molecule has 1 heterocycles. The zero-order chi connectivity index (χ0) is 15.4. The second-order valence-electron chi connectivity index (χ2n) is 5.20. The van der Waals surface area contributed by atoms with Crippen molar-refractivity contribution in [3.8, 4) is 5.75 Å². The number of nitro groups is 1. The van der Waals surface area contributed by atoms with Gasteiger partial charge in [0.15, 0.2) is 5.75 Å². The van der Waals surface area contributed by atoms with Crippen LogP contribution < -0.4 is 9.64 Å². The molecule has 1 aliphatic heterocycles. The van der Waals surface area contributed by atoms with Crippen LogP contribution in [-0.4, -0.2) is 48.5 Å². The molecule has 0 radical (unpaired) electrons. The number of rotatable bonds is 5. The number of nitrogens with zero attached hydrogens (tertiary/aromatic N) is 2. The number of ether oxygens (including phenoxy) is 2. The van der Waals surface area contributed by atoms with Gasteiger partial charge < -0.3 is 19.5 Å². The van der Waals surface area contributed by atoms with E-state index in [9.17, 15) is 15.2 Å². The van der Waals surface area contributed by atoms with E-state index in [0.29, 0.717) is 19.7 Å². The summed E-state index contributed by atoms with van der Waals surface area (Å²) in [6.45, 7) is 5.35. The number of hydrogen-bond acceptors (Lipinski definition) is 6. The van der Waals surface area contributed by atoms with Gasteiger partial charge in [0.2, 0.25) is 0 Å². The molecule has 1 aromatic rings. The largest absolute Gasteiger partial charge is 0.484 e. The number of anilines is 1. The fourth-order valence-corrected chi connectivity index (χ4v) is 2.26. The first-order chi connectivity index (χ1) is 10.0. The Morgan fingerprint density at radius 3 is 2.95 bits per heavy atom. The molecule has 0 bridgehead atoms. The fourth-order valence-electron chi connectivity index (χ4n) is 2.26. The molecule has 1 aromatic carbocycles. The van der Waals surface area contributed by atoms with Crippen molar-refractivity contribution in [3.63, 3.8) is 0 Å². The van der Waals surface area contributed by atoms with Crippen molar-refractivity contribution in [3.05, 3.63) is 28.3 Å². The van der Waals surface area contributed by atoms with E-state index >= 15 is 0 Å². The smallest absolute Gasteiger partial charge is 0.311 e. The maximum atomic E-state index is 11.0. The third kappa shape index (κ3) is 3.83. The molecule has 0 amide bonds. The van der Waals surface area contributed by atoms with Crippen molar-refractivity contribution in [1.29, 1.82) is 0 Å². The zero-order valence-corrected chi connectivity index (χ0v) is 12.2. The number of aliphatic hydroxyl groups is 1. The number of morpholine rings is 1. The summed E-state index contributed by atoms with van der Waals surface area (Å²) >= 11 is 0. The van der Waals surface area contributed by atoms with Gasteiger partial charge in [-0.25, -0.2) is 0 Å². The van der Waals surface area contributed by atoms with E-state index in [1.165, 1.54) is 6.07 Å². The van der Waals surface area contributed by atoms with E-state index in [2.05, 4.69) is 0 Å². The van der Waals surface area contributed by atoms with Gasteiger partial charge in [-0.2, -0.15) is 0 Å². The van der Waals surface area contributed by atoms with Crippen LogP contribution in [-0.2, 0) is 4.74 Å². The van der Waals surface area contributed by atoms with Crippen LogP contribution >= 0.6 is 0 Å². The first-order valence-corrected chi connectivity index (χ1v) is 6.93. The SMILES string of the molecule is CC(C)Oc1cc(N2CCOC(CO)C2)ccc1[N+](=O)[O-]. The molecule has 2 rings (SSSR count). The van der Waals surface area contributed by atoms with Crippen molar-refractivity contribution in [2.75, 3.05) is 31.2 Å². The van der Waals surface area contributed by atoms with Crippen molar-refractivity contribution in [2.24, 2.45) is 0 Å². The van der Waals surface area contributed by atoms with Gasteiger partial charge in [-0.1, -0.05) is 0 Å². The summed E-state index contributed by atoms with van der Waals surface area (Å²) in [6, 6.07) is 4.83. The Morgan fingerprint density at radius 2 is 2.33 bits per heavy atom. The zero-order valence-electron chi connectivity index (χ0n) is 12.2. The standard InChI is InChI=1S/C14H20N2O5/c1-10(2)21-14-7-11(3-4-13(14)16(18)19)15-5-6-20-12(8-15)9-17/h3-4,7,10,12,17H,5-6,8-9H2,1-2H3. The van der Waals surface area contributed by atoms with Crippen LogP contribution in [0.15, 0.2) is 18.2 Å². The van der Waals surface area contributed by atoms with Crippen molar-refractivity contribution in [1.82, 2.24) is 0 Å². The number of nitro benzene ring substituents is 1. The molecule has 0 aliphatic carbocycles. The van der Waals surface area contributed by atoms with E-state index in [4.69, 9.17) is 9.47 Å². The van der Waals surface area contributed by atoms with E-state index in [1.807, 2.05) is 18.7 Å². The summed E-state index contributed by atoms with van der Waals surface area (Å²) in [5.41, 5.74) is 0.789. The molecule has 1 atom stereocenters. The maximum Gasteiger partial charge on any atom is 0.311 e. The molecule has 1 unspecified atom stereocenters. The van der Waals surface area contributed by atoms with Gasteiger partial charge in [-0.3, -0.25) is 10.1 Å². The minimum Gasteiger partial charge on any atom is -0.484 e. The molecule has 0 saturated carbocycles. The van der Waals surface area contributed by atoms with Crippen LogP contribution in [0.4, 0.5) is 11.4 Å². The fraction of sp³-hybridized carbons (Fsp3) is 0.571. The topological polar surface area (TPSA) is 85.1 Å². The van der Waals surface area contributed by atoms with Crippen LogP contribution in [0.5, 0.6) is 5.75 Å². The second-order valence-corrected chi connectivity index (χ2v) is 5.20. The van der Waals surface area contributed by atoms with Gasteiger partial charge in [0.05, 0.1) is 30.3 Å². The molecule has 116 valence electrons. The summed E-state index contributed by atoms with van der Waals surface area (Å²) in [7, 11) is 0. The van der Waals surface area contributed by atoms with E-state index in [0.717, 1.165) is 5.69 Å². The minimum atomic E-state index is -0.447. The monoisotopic (exact) mass is 296 g/mol. The van der Waals surface area contributed by atoms with Crippen molar-refractivity contribution in [2.45, 2.75) is 26.1 Å². The van der Waals surface area contributed by atoms with Crippen LogP contribution in [0, 0.1) is 10.1 Å². The van der Waals surface area contributed by atoms with Gasteiger partial charge in [-0.05, 0) is 19.9 Å². The molecule has 1 N–H and O–H groups in total. The molecule has 7 nitrogen and oxygen atoms in total. The third-order valence-corrected chi connectivity index (χ3v) is 3.21. The summed E-state index contributed by atoms with van der Waals surface area (Å²) in [5.74, 6) is 0.263. The molecule has 7 heteroatoms. The minimum absolute atomic E-state index is 0.0422. The summed E-state index contributed by atoms with van der Waals surface area (Å²) < 4.78 is 10.9. The lowest BCUT2D eigenvalue weighted by atomic mass is 10.2. The third-order valence-electron chi connectivity index (χ3n) is 3.21. The summed E-state index contributed by atoms with van der Waals surface area (Å²) in [4.78, 5) is 12.6. The van der Waals surface area contributed by atoms with Crippen LogP contribution in [0.25, 0.3) is 0 Å². The second kappa shape index (κ2) is 6.73. The first-order valence-electron chi connectivity index (χ1n) is 6.93. The molecule has 21 heavy (non-hydrogen) atoms. The predicted octanol–water partition coefficient (Wildman–Crippen LogP) is 1.58. The summed E-state index contributed by atoms with van der Waals surface area (Å²) in [5, 5.41) is 20.2. The molecular formula is C14H20N2O5. The molecule has 0 spiro atoms. The van der Waals surface area contributed by atoms with E-state index in [1.54, 1.807) is 12.1 Å². The molecule has 1 aliphatic rings. The van der Waals surface area contributed by atoms with Crippen LogP contribution in [0.2, 0.25) is 0 Å². The van der Waals surface area contributed by atoms with Gasteiger partial charge in [0.1, 0.15) is 0 Å². The summed E-state index contributed by atoms with van der Waals surface area (Å²) in [6.07, 6.45) is -0.378. The van der Waals surface area contributed by atoms with E-state index < -0.39 is 4.92 Å². The van der Waals surface area contributed by atoms with E-state index in [-0.39, 0.29) is 30.3 Å². The highest BCUT2D eigenvalue weighted by Crippen LogP contribution is 2.33. The van der Waals surface area contributed by atoms with Crippen LogP contribution in [0.1, 0.15) is 13.8 Å². The highest BCUT2D eigenvalue weighted by Gasteiger charge is 2.23. The Labute approximate surface area is 123 Å². The van der Waals surface area contributed by atoms with Crippen molar-refractivity contribution >= 4 is 11.4 Å². The molecule has 0 aromatic heterocycles. The lowest BCUT2D eigenvalue weighted by Gasteiger charge is -2.33. The number of benzene rings is 1.